The summed E-state index contributed by atoms with van der Waals surface area (Å²) in [5.74, 6) is 0.467. The Bertz CT molecular complexity index is 926. The van der Waals surface area contributed by atoms with E-state index >= 15 is 0 Å². The number of amides is 1. The Morgan fingerprint density at radius 1 is 1.19 bits per heavy atom. The summed E-state index contributed by atoms with van der Waals surface area (Å²) in [7, 11) is 0. The van der Waals surface area contributed by atoms with Crippen molar-refractivity contribution in [1.29, 1.82) is 0 Å². The fourth-order valence-electron chi connectivity index (χ4n) is 2.38. The van der Waals surface area contributed by atoms with Gasteiger partial charge in [-0.05, 0) is 31.5 Å². The number of anilines is 1. The van der Waals surface area contributed by atoms with Crippen molar-refractivity contribution in [3.8, 4) is 17.0 Å². The summed E-state index contributed by atoms with van der Waals surface area (Å²) in [4.78, 5) is 16.6. The van der Waals surface area contributed by atoms with Gasteiger partial charge in [0.05, 0.1) is 17.3 Å². The number of aryl methyl sites for hydroxylation is 1. The molecule has 0 radical (unpaired) electrons. The number of benzene rings is 2. The smallest absolute Gasteiger partial charge is 0.226 e. The molecular weight excluding hydrogens is 403 g/mol. The highest BCUT2D eigenvalue weighted by molar-refractivity contribution is 7.14. The molecule has 0 aliphatic heterocycles. The molecule has 2 aromatic carbocycles. The van der Waals surface area contributed by atoms with Gasteiger partial charge in [0.2, 0.25) is 5.91 Å². The maximum Gasteiger partial charge on any atom is 0.226 e. The molecule has 0 aliphatic carbocycles. The van der Waals surface area contributed by atoms with Crippen LogP contribution in [0.25, 0.3) is 11.3 Å². The number of nitrogens with zero attached hydrogens (tertiary/aromatic N) is 1. The van der Waals surface area contributed by atoms with E-state index in [1.54, 1.807) is 18.2 Å². The van der Waals surface area contributed by atoms with Gasteiger partial charge < -0.3 is 10.1 Å². The maximum atomic E-state index is 12.1. The summed E-state index contributed by atoms with van der Waals surface area (Å²) in [5, 5.41) is 6.37. The number of thiazole rings is 1. The van der Waals surface area contributed by atoms with Gasteiger partial charge in [-0.1, -0.05) is 53.0 Å². The van der Waals surface area contributed by atoms with Crippen molar-refractivity contribution in [3.05, 3.63) is 63.5 Å². The highest BCUT2D eigenvalue weighted by Crippen LogP contribution is 2.28. The van der Waals surface area contributed by atoms with Crippen molar-refractivity contribution < 1.29 is 9.53 Å². The lowest BCUT2D eigenvalue weighted by molar-refractivity contribution is -0.116. The fraction of sp³-hybridized carbons (Fsp3) is 0.200. The van der Waals surface area contributed by atoms with Crippen LogP contribution in [0.2, 0.25) is 10.0 Å². The lowest BCUT2D eigenvalue weighted by Crippen LogP contribution is -2.12. The predicted octanol–water partition coefficient (Wildman–Crippen LogP) is 6.22. The van der Waals surface area contributed by atoms with Crippen LogP contribution in [0, 0.1) is 6.92 Å². The molecule has 1 aromatic heterocycles. The van der Waals surface area contributed by atoms with Crippen LogP contribution in [-0.2, 0) is 4.79 Å². The number of aromatic nitrogens is 1. The lowest BCUT2D eigenvalue weighted by atomic mass is 10.1. The fourth-order valence-corrected chi connectivity index (χ4v) is 3.58. The monoisotopic (exact) mass is 420 g/mol. The zero-order valence-electron chi connectivity index (χ0n) is 14.7. The molecule has 27 heavy (non-hydrogen) atoms. The van der Waals surface area contributed by atoms with Crippen LogP contribution >= 0.6 is 34.5 Å². The molecular formula is C20H18Cl2N2O2S. The number of carbonyl (C=O) groups excluding carboxylic acids is 1. The molecule has 0 aliphatic rings. The molecule has 1 amide bonds. The zero-order chi connectivity index (χ0) is 19.2. The minimum atomic E-state index is -0.0920. The number of halogens is 2. The Morgan fingerprint density at radius 3 is 2.70 bits per heavy atom. The topological polar surface area (TPSA) is 51.2 Å². The van der Waals surface area contributed by atoms with E-state index < -0.39 is 0 Å². The minimum Gasteiger partial charge on any atom is -0.492 e. The Hall–Kier alpha value is -2.08. The summed E-state index contributed by atoms with van der Waals surface area (Å²) in [6.07, 6.45) is 0.908. The summed E-state index contributed by atoms with van der Waals surface area (Å²) >= 11 is 13.3. The first-order valence-electron chi connectivity index (χ1n) is 8.41. The van der Waals surface area contributed by atoms with Crippen molar-refractivity contribution in [2.75, 3.05) is 11.9 Å². The number of rotatable bonds is 7. The van der Waals surface area contributed by atoms with Crippen molar-refractivity contribution in [2.45, 2.75) is 19.8 Å². The van der Waals surface area contributed by atoms with Gasteiger partial charge in [-0.15, -0.1) is 11.3 Å². The highest BCUT2D eigenvalue weighted by Gasteiger charge is 2.09. The maximum absolute atomic E-state index is 12.1. The first-order valence-corrected chi connectivity index (χ1v) is 10.0. The number of hydrogen-bond donors (Lipinski definition) is 1. The van der Waals surface area contributed by atoms with E-state index in [2.05, 4.69) is 10.3 Å². The predicted molar refractivity (Wildman–Crippen MR) is 112 cm³/mol. The van der Waals surface area contributed by atoms with Crippen LogP contribution in [0.5, 0.6) is 5.75 Å². The third-order valence-electron chi connectivity index (χ3n) is 3.80. The van der Waals surface area contributed by atoms with Gasteiger partial charge in [0.15, 0.2) is 5.13 Å². The summed E-state index contributed by atoms with van der Waals surface area (Å²) in [6, 6.07) is 13.2. The van der Waals surface area contributed by atoms with Crippen LogP contribution in [0.4, 0.5) is 5.13 Å². The van der Waals surface area contributed by atoms with Crippen LogP contribution in [0.3, 0.4) is 0 Å². The molecule has 0 saturated carbocycles. The largest absolute Gasteiger partial charge is 0.492 e. The van der Waals surface area contributed by atoms with Crippen molar-refractivity contribution in [3.63, 3.8) is 0 Å². The summed E-state index contributed by atoms with van der Waals surface area (Å²) < 4.78 is 5.58. The average Bonchev–Trinajstić information content (AvgIpc) is 3.09. The van der Waals surface area contributed by atoms with E-state index in [1.165, 1.54) is 16.9 Å². The molecule has 0 unspecified atom stereocenters. The Labute approximate surface area is 172 Å². The Kier molecular flexibility index (Phi) is 6.72. The second-order valence-electron chi connectivity index (χ2n) is 5.98. The van der Waals surface area contributed by atoms with E-state index in [9.17, 15) is 4.79 Å². The summed E-state index contributed by atoms with van der Waals surface area (Å²) in [6.45, 7) is 2.43. The molecule has 3 aromatic rings. The second-order valence-corrected chi connectivity index (χ2v) is 7.68. The van der Waals surface area contributed by atoms with Gasteiger partial charge in [0, 0.05) is 22.4 Å². The second kappa shape index (κ2) is 9.22. The molecule has 0 saturated heterocycles. The first kappa shape index (κ1) is 19.7. The molecule has 1 heterocycles. The molecule has 140 valence electrons. The van der Waals surface area contributed by atoms with E-state index in [4.69, 9.17) is 27.9 Å². The number of carbonyl (C=O) groups is 1. The number of nitrogens with one attached hydrogen (secondary N) is 1. The third-order valence-corrected chi connectivity index (χ3v) is 5.09. The molecule has 7 heteroatoms. The lowest BCUT2D eigenvalue weighted by Gasteiger charge is -2.08. The van der Waals surface area contributed by atoms with Crippen LogP contribution in [-0.4, -0.2) is 17.5 Å². The number of hydrogen-bond acceptors (Lipinski definition) is 4. The molecule has 0 bridgehead atoms. The minimum absolute atomic E-state index is 0.0920. The van der Waals surface area contributed by atoms with Crippen molar-refractivity contribution >= 4 is 45.6 Å². The SMILES string of the molecule is Cc1ccc(-c2csc(NC(=O)CCCOc3ccc(Cl)cc3Cl)n2)cc1. The van der Waals surface area contributed by atoms with Gasteiger partial charge in [-0.2, -0.15) is 0 Å². The Morgan fingerprint density at radius 2 is 1.96 bits per heavy atom. The van der Waals surface area contributed by atoms with Gasteiger partial charge >= 0.3 is 0 Å². The molecule has 0 spiro atoms. The average molecular weight is 421 g/mol. The van der Waals surface area contributed by atoms with Gasteiger partial charge in [-0.3, -0.25) is 4.79 Å². The zero-order valence-corrected chi connectivity index (χ0v) is 17.0. The van der Waals surface area contributed by atoms with Crippen LogP contribution in [0.15, 0.2) is 47.8 Å². The van der Waals surface area contributed by atoms with E-state index in [0.29, 0.717) is 40.4 Å². The van der Waals surface area contributed by atoms with Gasteiger partial charge in [0.25, 0.3) is 0 Å². The highest BCUT2D eigenvalue weighted by atomic mass is 35.5. The Balaban J connectivity index is 1.45. The normalized spacial score (nSPS) is 10.6. The molecule has 0 fully saturated rings. The number of ether oxygens (including phenoxy) is 1. The summed E-state index contributed by atoms with van der Waals surface area (Å²) in [5.41, 5.74) is 3.09. The molecule has 0 atom stereocenters. The van der Waals surface area contributed by atoms with Crippen molar-refractivity contribution in [2.24, 2.45) is 0 Å². The van der Waals surface area contributed by atoms with E-state index in [0.717, 1.165) is 11.3 Å². The molecule has 3 rings (SSSR count). The molecule has 1 N–H and O–H groups in total. The molecule has 4 nitrogen and oxygen atoms in total. The standard InChI is InChI=1S/C20H18Cl2N2O2S/c1-13-4-6-14(7-5-13)17-12-27-20(23-17)24-19(25)3-2-10-26-18-9-8-15(21)11-16(18)22/h4-9,11-12H,2-3,10H2,1H3,(H,23,24,25). The quantitative estimate of drug-likeness (QED) is 0.461. The van der Waals surface area contributed by atoms with E-state index in [-0.39, 0.29) is 5.91 Å². The van der Waals surface area contributed by atoms with Crippen LogP contribution < -0.4 is 10.1 Å². The third kappa shape index (κ3) is 5.70. The first-order chi connectivity index (χ1) is 13.0. The van der Waals surface area contributed by atoms with Crippen LogP contribution in [0.1, 0.15) is 18.4 Å². The van der Waals surface area contributed by atoms with E-state index in [1.807, 2.05) is 36.6 Å². The van der Waals surface area contributed by atoms with Gasteiger partial charge in [-0.25, -0.2) is 4.98 Å². The van der Waals surface area contributed by atoms with Gasteiger partial charge in [0.1, 0.15) is 5.75 Å². The van der Waals surface area contributed by atoms with Crippen molar-refractivity contribution in [1.82, 2.24) is 4.98 Å².